The third kappa shape index (κ3) is 3.84. The molecule has 0 radical (unpaired) electrons. The van der Waals surface area contributed by atoms with E-state index in [0.29, 0.717) is 24.3 Å². The molecule has 0 bridgehead atoms. The van der Waals surface area contributed by atoms with Gasteiger partial charge in [-0.05, 0) is 25.8 Å². The van der Waals surface area contributed by atoms with Crippen LogP contribution in [0.3, 0.4) is 0 Å². The van der Waals surface area contributed by atoms with Gasteiger partial charge in [0.2, 0.25) is 5.91 Å². The Kier molecular flexibility index (Phi) is 4.60. The minimum atomic E-state index is -0.404. The molecule has 5 nitrogen and oxygen atoms in total. The van der Waals surface area contributed by atoms with Crippen LogP contribution >= 0.6 is 0 Å². The summed E-state index contributed by atoms with van der Waals surface area (Å²) in [5.41, 5.74) is 0.416. The number of nitrogens with zero attached hydrogens (tertiary/aromatic N) is 1. The van der Waals surface area contributed by atoms with Crippen molar-refractivity contribution >= 4 is 11.9 Å². The van der Waals surface area contributed by atoms with Crippen LogP contribution in [0.15, 0.2) is 16.7 Å². The predicted molar refractivity (Wildman–Crippen MR) is 68.8 cm³/mol. The number of esters is 1. The maximum atomic E-state index is 11.7. The lowest BCUT2D eigenvalue weighted by atomic mass is 10.2. The van der Waals surface area contributed by atoms with E-state index in [1.807, 2.05) is 0 Å². The van der Waals surface area contributed by atoms with Gasteiger partial charge >= 0.3 is 5.97 Å². The topological polar surface area (TPSA) is 59.8 Å². The minimum absolute atomic E-state index is 0.160. The molecule has 5 heteroatoms. The van der Waals surface area contributed by atoms with Crippen LogP contribution in [0.2, 0.25) is 0 Å². The summed E-state index contributed by atoms with van der Waals surface area (Å²) in [5, 5.41) is 0. The SMILES string of the molecule is Cc1cc(C(=O)OCCN2CCCCCC2=O)co1. The van der Waals surface area contributed by atoms with Gasteiger partial charge in [-0.25, -0.2) is 4.79 Å². The molecule has 2 heterocycles. The Balaban J connectivity index is 1.76. The third-order valence-corrected chi connectivity index (χ3v) is 3.23. The number of likely N-dealkylation sites (tertiary alicyclic amines) is 1. The highest BCUT2D eigenvalue weighted by Gasteiger charge is 2.17. The number of carbonyl (C=O) groups is 2. The van der Waals surface area contributed by atoms with E-state index in [4.69, 9.17) is 9.15 Å². The van der Waals surface area contributed by atoms with Crippen LogP contribution < -0.4 is 0 Å². The Morgan fingerprint density at radius 3 is 3.00 bits per heavy atom. The molecule has 1 saturated heterocycles. The second kappa shape index (κ2) is 6.41. The quantitative estimate of drug-likeness (QED) is 0.783. The molecule has 1 fully saturated rings. The highest BCUT2D eigenvalue weighted by Crippen LogP contribution is 2.11. The number of furan rings is 1. The van der Waals surface area contributed by atoms with Gasteiger partial charge in [-0.2, -0.15) is 0 Å². The van der Waals surface area contributed by atoms with Crippen molar-refractivity contribution in [3.63, 3.8) is 0 Å². The van der Waals surface area contributed by atoms with Gasteiger partial charge in [-0.3, -0.25) is 4.79 Å². The monoisotopic (exact) mass is 265 g/mol. The molecule has 0 N–H and O–H groups in total. The van der Waals surface area contributed by atoms with Gasteiger partial charge in [0, 0.05) is 13.0 Å². The zero-order valence-corrected chi connectivity index (χ0v) is 11.2. The lowest BCUT2D eigenvalue weighted by Crippen LogP contribution is -2.33. The van der Waals surface area contributed by atoms with E-state index in [1.54, 1.807) is 17.9 Å². The van der Waals surface area contributed by atoms with E-state index in [1.165, 1.54) is 6.26 Å². The van der Waals surface area contributed by atoms with Gasteiger partial charge < -0.3 is 14.1 Å². The van der Waals surface area contributed by atoms with Crippen molar-refractivity contribution in [3.05, 3.63) is 23.7 Å². The molecule has 0 aliphatic carbocycles. The van der Waals surface area contributed by atoms with Gasteiger partial charge in [0.1, 0.15) is 18.6 Å². The Labute approximate surface area is 112 Å². The molecule has 0 unspecified atom stereocenters. The summed E-state index contributed by atoms with van der Waals surface area (Å²) in [6.07, 6.45) is 5.07. The highest BCUT2D eigenvalue weighted by atomic mass is 16.5. The normalized spacial score (nSPS) is 16.3. The molecule has 1 aliphatic rings. The number of hydrogen-bond donors (Lipinski definition) is 0. The number of aryl methyl sites for hydroxylation is 1. The molecule has 0 aromatic carbocycles. The summed E-state index contributed by atoms with van der Waals surface area (Å²) in [6, 6.07) is 1.64. The summed E-state index contributed by atoms with van der Waals surface area (Å²) in [6.45, 7) is 3.24. The molecular formula is C14H19NO4. The van der Waals surface area contributed by atoms with Crippen LogP contribution in [-0.4, -0.2) is 36.5 Å². The fraction of sp³-hybridized carbons (Fsp3) is 0.571. The van der Waals surface area contributed by atoms with Crippen LogP contribution in [0.4, 0.5) is 0 Å². The smallest absolute Gasteiger partial charge is 0.341 e. The van der Waals surface area contributed by atoms with Crippen LogP contribution in [0.1, 0.15) is 41.8 Å². The summed E-state index contributed by atoms with van der Waals surface area (Å²) >= 11 is 0. The molecule has 19 heavy (non-hydrogen) atoms. The summed E-state index contributed by atoms with van der Waals surface area (Å²) in [5.74, 6) is 0.432. The Bertz CT molecular complexity index is 452. The van der Waals surface area contributed by atoms with Crippen molar-refractivity contribution in [2.45, 2.75) is 32.6 Å². The highest BCUT2D eigenvalue weighted by molar-refractivity contribution is 5.89. The first-order valence-electron chi connectivity index (χ1n) is 6.67. The van der Waals surface area contributed by atoms with E-state index in [9.17, 15) is 9.59 Å². The zero-order valence-electron chi connectivity index (χ0n) is 11.2. The van der Waals surface area contributed by atoms with E-state index in [-0.39, 0.29) is 12.5 Å². The largest absolute Gasteiger partial charge is 0.469 e. The molecule has 104 valence electrons. The van der Waals surface area contributed by atoms with Gasteiger partial charge in [0.15, 0.2) is 0 Å². The number of ether oxygens (including phenoxy) is 1. The van der Waals surface area contributed by atoms with Crippen molar-refractivity contribution < 1.29 is 18.7 Å². The maximum absolute atomic E-state index is 11.7. The number of rotatable bonds is 4. The number of carbonyl (C=O) groups excluding carboxylic acids is 2. The van der Waals surface area contributed by atoms with Crippen LogP contribution in [0, 0.1) is 6.92 Å². The Hall–Kier alpha value is -1.78. The number of hydrogen-bond acceptors (Lipinski definition) is 4. The minimum Gasteiger partial charge on any atom is -0.469 e. The fourth-order valence-electron chi connectivity index (χ4n) is 2.16. The van der Waals surface area contributed by atoms with E-state index in [0.717, 1.165) is 25.8 Å². The summed E-state index contributed by atoms with van der Waals surface area (Å²) in [7, 11) is 0. The molecule has 1 aromatic heterocycles. The Morgan fingerprint density at radius 1 is 1.42 bits per heavy atom. The summed E-state index contributed by atoms with van der Waals surface area (Å²) < 4.78 is 10.2. The van der Waals surface area contributed by atoms with Gasteiger partial charge in [-0.15, -0.1) is 0 Å². The van der Waals surface area contributed by atoms with E-state index < -0.39 is 5.97 Å². The van der Waals surface area contributed by atoms with Gasteiger partial charge in [-0.1, -0.05) is 6.42 Å². The van der Waals surface area contributed by atoms with Crippen LogP contribution in [0.25, 0.3) is 0 Å². The summed E-state index contributed by atoms with van der Waals surface area (Å²) in [4.78, 5) is 25.2. The molecule has 1 aliphatic heterocycles. The lowest BCUT2D eigenvalue weighted by molar-refractivity contribution is -0.131. The van der Waals surface area contributed by atoms with Crippen LogP contribution in [-0.2, 0) is 9.53 Å². The second-order valence-electron chi connectivity index (χ2n) is 4.77. The lowest BCUT2D eigenvalue weighted by Gasteiger charge is -2.19. The van der Waals surface area contributed by atoms with Gasteiger partial charge in [0.25, 0.3) is 0 Å². The average molecular weight is 265 g/mol. The molecule has 2 rings (SSSR count). The first-order chi connectivity index (χ1) is 9.16. The molecular weight excluding hydrogens is 246 g/mol. The molecule has 1 amide bonds. The molecule has 0 saturated carbocycles. The standard InChI is InChI=1S/C14H19NO4/c1-11-9-12(10-19-11)14(17)18-8-7-15-6-4-2-3-5-13(15)16/h9-10H,2-8H2,1H3. The molecule has 1 aromatic rings. The third-order valence-electron chi connectivity index (χ3n) is 3.23. The zero-order chi connectivity index (χ0) is 13.7. The van der Waals surface area contributed by atoms with Crippen molar-refractivity contribution in [2.24, 2.45) is 0 Å². The molecule has 0 spiro atoms. The van der Waals surface area contributed by atoms with Crippen molar-refractivity contribution in [2.75, 3.05) is 19.7 Å². The average Bonchev–Trinajstić information content (AvgIpc) is 2.72. The predicted octanol–water partition coefficient (Wildman–Crippen LogP) is 2.15. The fourth-order valence-corrected chi connectivity index (χ4v) is 2.16. The van der Waals surface area contributed by atoms with E-state index >= 15 is 0 Å². The van der Waals surface area contributed by atoms with Crippen molar-refractivity contribution in [1.82, 2.24) is 4.90 Å². The number of amides is 1. The van der Waals surface area contributed by atoms with Crippen molar-refractivity contribution in [3.8, 4) is 0 Å². The van der Waals surface area contributed by atoms with Gasteiger partial charge in [0.05, 0.1) is 12.1 Å². The van der Waals surface area contributed by atoms with Crippen molar-refractivity contribution in [1.29, 1.82) is 0 Å². The van der Waals surface area contributed by atoms with Crippen LogP contribution in [0.5, 0.6) is 0 Å². The second-order valence-corrected chi connectivity index (χ2v) is 4.77. The first kappa shape index (κ1) is 13.6. The molecule has 0 atom stereocenters. The van der Waals surface area contributed by atoms with E-state index in [2.05, 4.69) is 0 Å². The maximum Gasteiger partial charge on any atom is 0.341 e. The Morgan fingerprint density at radius 2 is 2.26 bits per heavy atom. The first-order valence-corrected chi connectivity index (χ1v) is 6.67.